The predicted octanol–water partition coefficient (Wildman–Crippen LogP) is 5.82. The summed E-state index contributed by atoms with van der Waals surface area (Å²) in [5.41, 5.74) is 2.12. The standard InChI is InChI=1S/C30H37N3O3/c1-22(2)19-25-21-36-28-13-7-6-12-26(28)30(35)32(3)17-8-4-5-9-18-33(25)29(34)24-14-15-27-23(20-24)11-10-16-31-27/h6-7,10-16,20,22,25H,4-5,8-9,17-19,21H2,1-3H3/t25-/m0/s1. The first kappa shape index (κ1) is 25.7. The summed E-state index contributed by atoms with van der Waals surface area (Å²) in [6.45, 7) is 6.06. The van der Waals surface area contributed by atoms with Crippen LogP contribution < -0.4 is 4.74 Å². The average molecular weight is 488 g/mol. The summed E-state index contributed by atoms with van der Waals surface area (Å²) in [6, 6.07) is 16.9. The van der Waals surface area contributed by atoms with Crippen LogP contribution in [0.4, 0.5) is 0 Å². The van der Waals surface area contributed by atoms with Gasteiger partial charge in [-0.3, -0.25) is 14.6 Å². The van der Waals surface area contributed by atoms with Crippen molar-refractivity contribution in [2.24, 2.45) is 5.92 Å². The van der Waals surface area contributed by atoms with Crippen LogP contribution in [-0.2, 0) is 0 Å². The molecule has 0 fully saturated rings. The van der Waals surface area contributed by atoms with E-state index in [0.717, 1.165) is 43.0 Å². The van der Waals surface area contributed by atoms with Crippen LogP contribution in [0.15, 0.2) is 60.8 Å². The Labute approximate surface area is 214 Å². The van der Waals surface area contributed by atoms with E-state index in [2.05, 4.69) is 18.8 Å². The molecule has 190 valence electrons. The summed E-state index contributed by atoms with van der Waals surface area (Å²) < 4.78 is 6.30. The summed E-state index contributed by atoms with van der Waals surface area (Å²) in [5, 5.41) is 0.957. The Kier molecular flexibility index (Phi) is 8.57. The van der Waals surface area contributed by atoms with Crippen LogP contribution in [0.2, 0.25) is 0 Å². The normalized spacial score (nSPS) is 18.0. The highest BCUT2D eigenvalue weighted by atomic mass is 16.5. The molecule has 0 aliphatic carbocycles. The fourth-order valence-electron chi connectivity index (χ4n) is 4.90. The Hall–Kier alpha value is -3.41. The Bertz CT molecular complexity index is 1190. The quantitative estimate of drug-likeness (QED) is 0.467. The number of amides is 2. The van der Waals surface area contributed by atoms with Crippen molar-refractivity contribution in [1.82, 2.24) is 14.8 Å². The zero-order valence-corrected chi connectivity index (χ0v) is 21.7. The molecule has 0 spiro atoms. The molecule has 1 aromatic heterocycles. The van der Waals surface area contributed by atoms with E-state index in [1.807, 2.05) is 66.5 Å². The third-order valence-corrected chi connectivity index (χ3v) is 6.83. The Morgan fingerprint density at radius 3 is 2.61 bits per heavy atom. The van der Waals surface area contributed by atoms with Gasteiger partial charge in [-0.2, -0.15) is 0 Å². The molecular weight excluding hydrogens is 450 g/mol. The van der Waals surface area contributed by atoms with Crippen LogP contribution in [0.25, 0.3) is 10.9 Å². The number of pyridine rings is 1. The lowest BCUT2D eigenvalue weighted by Crippen LogP contribution is -2.45. The molecule has 1 atom stereocenters. The van der Waals surface area contributed by atoms with E-state index in [9.17, 15) is 9.59 Å². The number of hydrogen-bond acceptors (Lipinski definition) is 4. The topological polar surface area (TPSA) is 62.7 Å². The smallest absolute Gasteiger partial charge is 0.257 e. The van der Waals surface area contributed by atoms with Crippen LogP contribution >= 0.6 is 0 Å². The van der Waals surface area contributed by atoms with Crippen LogP contribution in [0.3, 0.4) is 0 Å². The van der Waals surface area contributed by atoms with E-state index >= 15 is 0 Å². The molecule has 3 aromatic rings. The van der Waals surface area contributed by atoms with Gasteiger partial charge in [0.15, 0.2) is 0 Å². The average Bonchev–Trinajstić information content (AvgIpc) is 2.89. The summed E-state index contributed by atoms with van der Waals surface area (Å²) in [4.78, 5) is 35.2. The molecule has 36 heavy (non-hydrogen) atoms. The Balaban J connectivity index is 1.66. The van der Waals surface area contributed by atoms with Crippen molar-refractivity contribution in [1.29, 1.82) is 0 Å². The van der Waals surface area contributed by atoms with Gasteiger partial charge in [0, 0.05) is 37.3 Å². The van der Waals surface area contributed by atoms with Crippen molar-refractivity contribution in [2.45, 2.75) is 52.0 Å². The van der Waals surface area contributed by atoms with Gasteiger partial charge in [-0.25, -0.2) is 0 Å². The van der Waals surface area contributed by atoms with Crippen LogP contribution in [-0.4, -0.2) is 59.4 Å². The van der Waals surface area contributed by atoms with Gasteiger partial charge in [-0.05, 0) is 61.6 Å². The van der Waals surface area contributed by atoms with Crippen molar-refractivity contribution in [3.63, 3.8) is 0 Å². The van der Waals surface area contributed by atoms with Crippen molar-refractivity contribution < 1.29 is 14.3 Å². The molecule has 1 aliphatic rings. The minimum atomic E-state index is -0.106. The predicted molar refractivity (Wildman–Crippen MR) is 143 cm³/mol. The molecule has 0 radical (unpaired) electrons. The highest BCUT2D eigenvalue weighted by molar-refractivity contribution is 5.98. The van der Waals surface area contributed by atoms with E-state index in [1.54, 1.807) is 11.1 Å². The number of nitrogens with zero attached hydrogens (tertiary/aromatic N) is 3. The van der Waals surface area contributed by atoms with Gasteiger partial charge in [-0.1, -0.05) is 44.9 Å². The Morgan fingerprint density at radius 2 is 1.81 bits per heavy atom. The maximum absolute atomic E-state index is 13.9. The van der Waals surface area contributed by atoms with Gasteiger partial charge in [0.05, 0.1) is 17.1 Å². The zero-order chi connectivity index (χ0) is 25.5. The summed E-state index contributed by atoms with van der Waals surface area (Å²) in [6.07, 6.45) is 6.47. The van der Waals surface area contributed by atoms with E-state index in [1.165, 1.54) is 0 Å². The van der Waals surface area contributed by atoms with Crippen molar-refractivity contribution in [3.8, 4) is 5.75 Å². The molecule has 6 nitrogen and oxygen atoms in total. The molecule has 0 saturated carbocycles. The first-order chi connectivity index (χ1) is 17.4. The van der Waals surface area contributed by atoms with E-state index < -0.39 is 0 Å². The number of benzene rings is 2. The fraction of sp³-hybridized carbons (Fsp3) is 0.433. The number of rotatable bonds is 3. The third-order valence-electron chi connectivity index (χ3n) is 6.83. The van der Waals surface area contributed by atoms with Gasteiger partial charge < -0.3 is 14.5 Å². The molecular formula is C30H37N3O3. The van der Waals surface area contributed by atoms with Gasteiger partial charge in [0.25, 0.3) is 11.8 Å². The number of para-hydroxylation sites is 1. The molecule has 2 heterocycles. The molecule has 0 saturated heterocycles. The van der Waals surface area contributed by atoms with Gasteiger partial charge in [-0.15, -0.1) is 0 Å². The number of carbonyl (C=O) groups excluding carboxylic acids is 2. The Morgan fingerprint density at radius 1 is 1.03 bits per heavy atom. The number of aromatic nitrogens is 1. The van der Waals surface area contributed by atoms with Gasteiger partial charge in [0.1, 0.15) is 12.4 Å². The maximum atomic E-state index is 13.9. The fourth-order valence-corrected chi connectivity index (χ4v) is 4.90. The van der Waals surface area contributed by atoms with Gasteiger partial charge in [0.2, 0.25) is 0 Å². The number of hydrogen-bond donors (Lipinski definition) is 0. The lowest BCUT2D eigenvalue weighted by molar-refractivity contribution is 0.0567. The monoisotopic (exact) mass is 487 g/mol. The van der Waals surface area contributed by atoms with Crippen LogP contribution in [0.5, 0.6) is 5.75 Å². The zero-order valence-electron chi connectivity index (χ0n) is 21.7. The maximum Gasteiger partial charge on any atom is 0.257 e. The van der Waals surface area contributed by atoms with E-state index in [4.69, 9.17) is 4.74 Å². The minimum absolute atomic E-state index is 0.0196. The van der Waals surface area contributed by atoms with Crippen molar-refractivity contribution in [3.05, 3.63) is 71.9 Å². The number of ether oxygens (including phenoxy) is 1. The molecule has 6 heteroatoms. The first-order valence-electron chi connectivity index (χ1n) is 13.1. The molecule has 1 aliphatic heterocycles. The first-order valence-corrected chi connectivity index (χ1v) is 13.1. The van der Waals surface area contributed by atoms with Crippen LogP contribution in [0.1, 0.15) is 66.7 Å². The number of fused-ring (bicyclic) bond motifs is 2. The van der Waals surface area contributed by atoms with E-state index in [-0.39, 0.29) is 17.9 Å². The molecule has 0 bridgehead atoms. The van der Waals surface area contributed by atoms with E-state index in [0.29, 0.717) is 42.5 Å². The molecule has 0 N–H and O–H groups in total. The number of carbonyl (C=O) groups is 2. The van der Waals surface area contributed by atoms with Crippen molar-refractivity contribution in [2.75, 3.05) is 26.7 Å². The second-order valence-electron chi connectivity index (χ2n) is 10.1. The van der Waals surface area contributed by atoms with Gasteiger partial charge >= 0.3 is 0 Å². The molecule has 2 amide bonds. The summed E-state index contributed by atoms with van der Waals surface area (Å²) >= 11 is 0. The SMILES string of the molecule is CC(C)C[C@H]1COc2ccccc2C(=O)N(C)CCCCCCN1C(=O)c1ccc2ncccc2c1. The molecule has 2 aromatic carbocycles. The summed E-state index contributed by atoms with van der Waals surface area (Å²) in [5.74, 6) is 0.952. The van der Waals surface area contributed by atoms with Crippen LogP contribution in [0, 0.1) is 5.92 Å². The van der Waals surface area contributed by atoms with Crippen molar-refractivity contribution >= 4 is 22.7 Å². The molecule has 4 rings (SSSR count). The highest BCUT2D eigenvalue weighted by Crippen LogP contribution is 2.24. The minimum Gasteiger partial charge on any atom is -0.491 e. The second-order valence-corrected chi connectivity index (χ2v) is 10.1. The largest absolute Gasteiger partial charge is 0.491 e. The highest BCUT2D eigenvalue weighted by Gasteiger charge is 2.27. The molecule has 0 unspecified atom stereocenters. The second kappa shape index (κ2) is 12.0. The lowest BCUT2D eigenvalue weighted by Gasteiger charge is -2.34. The third kappa shape index (κ3) is 6.23. The summed E-state index contributed by atoms with van der Waals surface area (Å²) in [7, 11) is 1.85. The lowest BCUT2D eigenvalue weighted by atomic mass is 10.0.